The van der Waals surface area contributed by atoms with Gasteiger partial charge < -0.3 is 10.6 Å². The zero-order valence-corrected chi connectivity index (χ0v) is 10.8. The highest BCUT2D eigenvalue weighted by atomic mass is 19.4. The maximum absolute atomic E-state index is 12.9. The van der Waals surface area contributed by atoms with Gasteiger partial charge >= 0.3 is 6.18 Å². The third-order valence-corrected chi connectivity index (χ3v) is 3.22. The molecular formula is C14H15F3N2O. The Morgan fingerprint density at radius 3 is 2.85 bits per heavy atom. The lowest BCUT2D eigenvalue weighted by molar-refractivity contribution is -0.137. The second-order valence-electron chi connectivity index (χ2n) is 4.67. The van der Waals surface area contributed by atoms with E-state index in [2.05, 4.69) is 17.2 Å². The fourth-order valence-corrected chi connectivity index (χ4v) is 2.26. The van der Waals surface area contributed by atoms with E-state index in [9.17, 15) is 18.0 Å². The molecule has 0 radical (unpaired) electrons. The number of anilines is 1. The van der Waals surface area contributed by atoms with Gasteiger partial charge in [0.15, 0.2) is 0 Å². The maximum Gasteiger partial charge on any atom is 0.418 e. The van der Waals surface area contributed by atoms with Crippen LogP contribution >= 0.6 is 0 Å². The van der Waals surface area contributed by atoms with Crippen LogP contribution in [0.1, 0.15) is 11.1 Å². The zero-order chi connectivity index (χ0) is 14.8. The van der Waals surface area contributed by atoms with Crippen LogP contribution in [0, 0.1) is 5.92 Å². The summed E-state index contributed by atoms with van der Waals surface area (Å²) in [6, 6.07) is 3.97. The van der Waals surface area contributed by atoms with Gasteiger partial charge in [-0.1, -0.05) is 18.2 Å². The topological polar surface area (TPSA) is 41.1 Å². The summed E-state index contributed by atoms with van der Waals surface area (Å²) in [6.07, 6.45) is -2.50. The molecule has 0 fully saturated rings. The molecule has 0 spiro atoms. The lowest BCUT2D eigenvalue weighted by Gasteiger charge is -2.27. The van der Waals surface area contributed by atoms with E-state index in [1.54, 1.807) is 12.1 Å². The number of benzene rings is 1. The number of hydrogen-bond donors (Lipinski definition) is 2. The Morgan fingerprint density at radius 1 is 1.45 bits per heavy atom. The van der Waals surface area contributed by atoms with E-state index in [1.165, 1.54) is 6.07 Å². The Morgan fingerprint density at radius 2 is 2.20 bits per heavy atom. The summed E-state index contributed by atoms with van der Waals surface area (Å²) in [6.45, 7) is 4.51. The largest absolute Gasteiger partial charge is 0.418 e. The lowest BCUT2D eigenvalue weighted by atomic mass is 9.91. The van der Waals surface area contributed by atoms with E-state index < -0.39 is 11.7 Å². The van der Waals surface area contributed by atoms with Crippen molar-refractivity contribution < 1.29 is 18.0 Å². The minimum absolute atomic E-state index is 0.107. The van der Waals surface area contributed by atoms with Crippen molar-refractivity contribution in [2.45, 2.75) is 12.6 Å². The second-order valence-corrected chi connectivity index (χ2v) is 4.67. The van der Waals surface area contributed by atoms with Crippen molar-refractivity contribution in [3.05, 3.63) is 42.0 Å². The van der Waals surface area contributed by atoms with Crippen LogP contribution in [0.15, 0.2) is 30.9 Å². The first kappa shape index (κ1) is 14.6. The summed E-state index contributed by atoms with van der Waals surface area (Å²) < 4.78 is 38.6. The first-order valence-electron chi connectivity index (χ1n) is 6.25. The second kappa shape index (κ2) is 5.66. The summed E-state index contributed by atoms with van der Waals surface area (Å²) in [4.78, 5) is 11.9. The molecule has 3 nitrogen and oxygen atoms in total. The van der Waals surface area contributed by atoms with Gasteiger partial charge in [-0.2, -0.15) is 13.2 Å². The van der Waals surface area contributed by atoms with Crippen LogP contribution < -0.4 is 10.6 Å². The number of halogens is 3. The van der Waals surface area contributed by atoms with Crippen LogP contribution in [0.5, 0.6) is 0 Å². The molecule has 1 aliphatic heterocycles. The van der Waals surface area contributed by atoms with E-state index in [-0.39, 0.29) is 17.5 Å². The molecule has 0 bridgehead atoms. The third-order valence-electron chi connectivity index (χ3n) is 3.22. The number of hydrogen-bond acceptors (Lipinski definition) is 2. The van der Waals surface area contributed by atoms with E-state index in [1.807, 2.05) is 0 Å². The van der Waals surface area contributed by atoms with Crippen LogP contribution in [0.2, 0.25) is 0 Å². The van der Waals surface area contributed by atoms with E-state index >= 15 is 0 Å². The van der Waals surface area contributed by atoms with Gasteiger partial charge in [0.1, 0.15) is 0 Å². The molecule has 0 aromatic heterocycles. The molecule has 0 aliphatic carbocycles. The minimum Gasteiger partial charge on any atom is -0.325 e. The van der Waals surface area contributed by atoms with Crippen molar-refractivity contribution in [3.8, 4) is 0 Å². The van der Waals surface area contributed by atoms with Crippen LogP contribution in [0.4, 0.5) is 18.9 Å². The van der Waals surface area contributed by atoms with Gasteiger partial charge in [0.05, 0.1) is 17.2 Å². The van der Waals surface area contributed by atoms with Crippen molar-refractivity contribution in [2.24, 2.45) is 5.92 Å². The number of amides is 1. The summed E-state index contributed by atoms with van der Waals surface area (Å²) in [5, 5.41) is 5.40. The molecule has 1 aliphatic rings. The summed E-state index contributed by atoms with van der Waals surface area (Å²) in [5.41, 5.74) is -0.379. The molecule has 6 heteroatoms. The van der Waals surface area contributed by atoms with Crippen molar-refractivity contribution >= 4 is 11.6 Å². The van der Waals surface area contributed by atoms with Crippen LogP contribution in [0.3, 0.4) is 0 Å². The Kier molecular flexibility index (Phi) is 4.13. The number of alkyl halides is 3. The molecule has 0 saturated carbocycles. The van der Waals surface area contributed by atoms with Gasteiger partial charge in [-0.15, -0.1) is 6.58 Å². The smallest absolute Gasteiger partial charge is 0.325 e. The Hall–Kier alpha value is -1.82. The van der Waals surface area contributed by atoms with Gasteiger partial charge in [-0.25, -0.2) is 0 Å². The molecule has 108 valence electrons. The molecule has 1 aromatic carbocycles. The van der Waals surface area contributed by atoms with Gasteiger partial charge in [-0.05, 0) is 18.1 Å². The number of nitrogens with one attached hydrogen (secondary N) is 2. The lowest BCUT2D eigenvalue weighted by Crippen LogP contribution is -2.38. The van der Waals surface area contributed by atoms with Gasteiger partial charge in [0.25, 0.3) is 0 Å². The normalized spacial score (nSPS) is 18.4. The van der Waals surface area contributed by atoms with Crippen LogP contribution in [-0.4, -0.2) is 19.0 Å². The van der Waals surface area contributed by atoms with Crippen molar-refractivity contribution in [3.63, 3.8) is 0 Å². The summed E-state index contributed by atoms with van der Waals surface area (Å²) >= 11 is 0. The zero-order valence-electron chi connectivity index (χ0n) is 10.8. The molecule has 1 atom stereocenters. The van der Waals surface area contributed by atoms with Gasteiger partial charge in [0, 0.05) is 13.1 Å². The predicted octanol–water partition coefficient (Wildman–Crippen LogP) is 2.59. The molecule has 20 heavy (non-hydrogen) atoms. The monoisotopic (exact) mass is 284 g/mol. The number of rotatable bonds is 4. The Balaban J connectivity index is 2.23. The molecule has 1 heterocycles. The highest BCUT2D eigenvalue weighted by Gasteiger charge is 2.37. The number of para-hydroxylation sites is 1. The molecule has 1 aromatic rings. The highest BCUT2D eigenvalue weighted by molar-refractivity contribution is 5.96. The van der Waals surface area contributed by atoms with Crippen molar-refractivity contribution in [2.75, 3.05) is 18.4 Å². The highest BCUT2D eigenvalue weighted by Crippen LogP contribution is 2.39. The SMILES string of the molecule is C=CCNCC1Cc2cccc(C(F)(F)F)c2NC1=O. The van der Waals surface area contributed by atoms with E-state index in [4.69, 9.17) is 0 Å². The van der Waals surface area contributed by atoms with E-state index in [0.717, 1.165) is 6.07 Å². The van der Waals surface area contributed by atoms with Crippen LogP contribution in [0.25, 0.3) is 0 Å². The quantitative estimate of drug-likeness (QED) is 0.659. The van der Waals surface area contributed by atoms with Crippen molar-refractivity contribution in [1.82, 2.24) is 5.32 Å². The Labute approximate surface area is 114 Å². The average Bonchev–Trinajstić information content (AvgIpc) is 2.37. The average molecular weight is 284 g/mol. The minimum atomic E-state index is -4.47. The first-order chi connectivity index (χ1) is 9.43. The molecule has 2 rings (SSSR count). The van der Waals surface area contributed by atoms with Gasteiger partial charge in [0.2, 0.25) is 5.91 Å². The number of fused-ring (bicyclic) bond motifs is 1. The molecule has 0 saturated heterocycles. The number of carbonyl (C=O) groups is 1. The molecular weight excluding hydrogens is 269 g/mol. The number of carbonyl (C=O) groups excluding carboxylic acids is 1. The van der Waals surface area contributed by atoms with E-state index in [0.29, 0.717) is 25.1 Å². The fraction of sp³-hybridized carbons (Fsp3) is 0.357. The summed E-state index contributed by atoms with van der Waals surface area (Å²) in [7, 11) is 0. The summed E-state index contributed by atoms with van der Waals surface area (Å²) in [5.74, 6) is -0.753. The first-order valence-corrected chi connectivity index (χ1v) is 6.25. The molecule has 1 unspecified atom stereocenters. The predicted molar refractivity (Wildman–Crippen MR) is 70.3 cm³/mol. The van der Waals surface area contributed by atoms with Gasteiger partial charge in [-0.3, -0.25) is 4.79 Å². The maximum atomic E-state index is 12.9. The fourth-order valence-electron chi connectivity index (χ4n) is 2.26. The van der Waals surface area contributed by atoms with Crippen LogP contribution in [-0.2, 0) is 17.4 Å². The third kappa shape index (κ3) is 3.01. The Bertz CT molecular complexity index is 526. The molecule has 1 amide bonds. The standard InChI is InChI=1S/C14H15F3N2O/c1-2-6-18-8-10-7-9-4-3-5-11(14(15,16)17)12(9)19-13(10)20/h2-5,10,18H,1,6-8H2,(H,19,20). The van der Waals surface area contributed by atoms with Crippen molar-refractivity contribution in [1.29, 1.82) is 0 Å². The molecule has 2 N–H and O–H groups in total.